The third-order valence-electron chi connectivity index (χ3n) is 1.33. The van der Waals surface area contributed by atoms with Gasteiger partial charge in [-0.05, 0) is 6.92 Å². The quantitative estimate of drug-likeness (QED) is 0.342. The van der Waals surface area contributed by atoms with E-state index in [0.29, 0.717) is 6.61 Å². The van der Waals surface area contributed by atoms with Crippen molar-refractivity contribution in [3.05, 3.63) is 10.1 Å². The Bertz CT molecular complexity index is 140. The molecule has 0 aromatic rings. The van der Waals surface area contributed by atoms with Gasteiger partial charge in [-0.3, -0.25) is 10.1 Å². The van der Waals surface area contributed by atoms with E-state index in [0.717, 1.165) is 0 Å². The van der Waals surface area contributed by atoms with Gasteiger partial charge >= 0.3 is 0 Å². The van der Waals surface area contributed by atoms with Crippen LogP contribution in [0.1, 0.15) is 6.92 Å². The summed E-state index contributed by atoms with van der Waals surface area (Å²) in [6.45, 7) is 1.95. The molecule has 72 valence electrons. The van der Waals surface area contributed by atoms with E-state index < -0.39 is 17.3 Å². The van der Waals surface area contributed by atoms with Gasteiger partial charge in [0.15, 0.2) is 0 Å². The van der Waals surface area contributed by atoms with Crippen molar-refractivity contribution in [2.75, 3.05) is 20.3 Å². The number of aliphatic hydroxyl groups excluding tert-OH is 1. The number of ether oxygens (including phenoxy) is 2. The lowest BCUT2D eigenvalue weighted by Gasteiger charge is -2.13. The highest BCUT2D eigenvalue weighted by molar-refractivity contribution is 4.57. The van der Waals surface area contributed by atoms with Gasteiger partial charge < -0.3 is 14.6 Å². The molecule has 1 N–H and O–H groups in total. The Balaban J connectivity index is 3.94. The summed E-state index contributed by atoms with van der Waals surface area (Å²) in [5.74, 6) is 0. The zero-order valence-corrected chi connectivity index (χ0v) is 7.10. The first-order valence-electron chi connectivity index (χ1n) is 3.55. The molecule has 0 spiro atoms. The molecule has 0 radical (unpaired) electrons. The molecule has 0 rings (SSSR count). The monoisotopic (exact) mass is 179 g/mol. The molecule has 0 fully saturated rings. The second-order valence-corrected chi connectivity index (χ2v) is 2.14. The zero-order valence-electron chi connectivity index (χ0n) is 7.10. The summed E-state index contributed by atoms with van der Waals surface area (Å²) >= 11 is 0. The molecule has 6 nitrogen and oxygen atoms in total. The van der Waals surface area contributed by atoms with Crippen LogP contribution in [0.4, 0.5) is 0 Å². The van der Waals surface area contributed by atoms with Crippen LogP contribution in [0.15, 0.2) is 0 Å². The van der Waals surface area contributed by atoms with E-state index in [9.17, 15) is 10.1 Å². The van der Waals surface area contributed by atoms with E-state index in [2.05, 4.69) is 4.74 Å². The van der Waals surface area contributed by atoms with Crippen molar-refractivity contribution in [2.45, 2.75) is 19.3 Å². The summed E-state index contributed by atoms with van der Waals surface area (Å²) in [5.41, 5.74) is 0. The van der Waals surface area contributed by atoms with Gasteiger partial charge in [0.1, 0.15) is 6.61 Å². The van der Waals surface area contributed by atoms with Crippen LogP contribution >= 0.6 is 0 Å². The van der Waals surface area contributed by atoms with E-state index in [4.69, 9.17) is 9.84 Å². The maximum atomic E-state index is 10.3. The molecule has 0 saturated carbocycles. The number of nitrogens with zero attached hydrogens (tertiary/aromatic N) is 1. The average Bonchev–Trinajstić information content (AvgIpc) is 2.04. The molecule has 12 heavy (non-hydrogen) atoms. The highest BCUT2D eigenvalue weighted by atomic mass is 16.7. The normalized spacial score (nSPS) is 15.6. The maximum Gasteiger partial charge on any atom is 0.285 e. The summed E-state index contributed by atoms with van der Waals surface area (Å²) in [6, 6.07) is -1.21. The Morgan fingerprint density at radius 3 is 2.58 bits per heavy atom. The lowest BCUT2D eigenvalue weighted by Crippen LogP contribution is -2.38. The lowest BCUT2D eigenvalue weighted by atomic mass is 10.3. The molecule has 0 bridgehead atoms. The van der Waals surface area contributed by atoms with Crippen LogP contribution < -0.4 is 0 Å². The molecule has 0 unspecified atom stereocenters. The Morgan fingerprint density at radius 2 is 2.25 bits per heavy atom. The van der Waals surface area contributed by atoms with Crippen LogP contribution in [0.3, 0.4) is 0 Å². The number of rotatable bonds is 6. The van der Waals surface area contributed by atoms with Crippen LogP contribution in [-0.2, 0) is 9.47 Å². The predicted octanol–water partition coefficient (Wildman–Crippen LogP) is -0.367. The number of methoxy groups -OCH3 is 1. The second kappa shape index (κ2) is 5.87. The van der Waals surface area contributed by atoms with E-state index >= 15 is 0 Å². The zero-order chi connectivity index (χ0) is 9.56. The van der Waals surface area contributed by atoms with Gasteiger partial charge in [-0.2, -0.15) is 0 Å². The third kappa shape index (κ3) is 3.61. The molecule has 0 aliphatic heterocycles. The van der Waals surface area contributed by atoms with Gasteiger partial charge in [0.25, 0.3) is 6.04 Å². The summed E-state index contributed by atoms with van der Waals surface area (Å²) in [7, 11) is 1.20. The first kappa shape index (κ1) is 11.3. The molecule has 0 aromatic carbocycles. The molecular formula is C6H13NO5. The van der Waals surface area contributed by atoms with Crippen molar-refractivity contribution in [2.24, 2.45) is 0 Å². The third-order valence-corrected chi connectivity index (χ3v) is 1.33. The average molecular weight is 179 g/mol. The van der Waals surface area contributed by atoms with Crippen molar-refractivity contribution in [1.82, 2.24) is 0 Å². The molecule has 0 aromatic heterocycles. The van der Waals surface area contributed by atoms with Crippen molar-refractivity contribution in [3.8, 4) is 0 Å². The molecular weight excluding hydrogens is 166 g/mol. The first-order chi connectivity index (χ1) is 5.63. The van der Waals surface area contributed by atoms with Crippen molar-refractivity contribution in [3.63, 3.8) is 0 Å². The Morgan fingerprint density at radius 1 is 1.67 bits per heavy atom. The van der Waals surface area contributed by atoms with Gasteiger partial charge in [0.2, 0.25) is 6.29 Å². The fourth-order valence-corrected chi connectivity index (χ4v) is 0.643. The summed E-state index contributed by atoms with van der Waals surface area (Å²) in [5, 5.41) is 19.3. The lowest BCUT2D eigenvalue weighted by molar-refractivity contribution is -0.550. The van der Waals surface area contributed by atoms with Gasteiger partial charge in [-0.15, -0.1) is 0 Å². The molecule has 0 saturated heterocycles. The number of aliphatic hydroxyl groups is 1. The highest BCUT2D eigenvalue weighted by Gasteiger charge is 2.29. The van der Waals surface area contributed by atoms with Crippen LogP contribution in [0.5, 0.6) is 0 Å². The minimum absolute atomic E-state index is 0.140. The minimum Gasteiger partial charge on any atom is -0.374 e. The fraction of sp³-hybridized carbons (Fsp3) is 1.00. The number of hydrogen-bond acceptors (Lipinski definition) is 5. The minimum atomic E-state index is -1.41. The van der Waals surface area contributed by atoms with Crippen molar-refractivity contribution < 1.29 is 19.5 Å². The smallest absolute Gasteiger partial charge is 0.285 e. The predicted molar refractivity (Wildman–Crippen MR) is 40.3 cm³/mol. The van der Waals surface area contributed by atoms with Crippen molar-refractivity contribution in [1.29, 1.82) is 0 Å². The summed E-state index contributed by atoms with van der Waals surface area (Å²) in [6.07, 6.45) is -1.41. The van der Waals surface area contributed by atoms with E-state index in [1.165, 1.54) is 7.11 Å². The Labute approximate surface area is 70.2 Å². The fourth-order valence-electron chi connectivity index (χ4n) is 0.643. The van der Waals surface area contributed by atoms with Crippen LogP contribution in [0.25, 0.3) is 0 Å². The maximum absolute atomic E-state index is 10.3. The molecule has 0 heterocycles. The molecule has 2 atom stereocenters. The summed E-state index contributed by atoms with van der Waals surface area (Å²) in [4.78, 5) is 9.67. The highest BCUT2D eigenvalue weighted by Crippen LogP contribution is 1.99. The Hall–Kier alpha value is -0.720. The SMILES string of the molecule is CCOC[C@H]([C@H](O)OC)[N+](=O)[O-]. The first-order valence-corrected chi connectivity index (χ1v) is 3.55. The number of hydrogen-bond donors (Lipinski definition) is 1. The molecule has 0 aliphatic carbocycles. The molecule has 0 amide bonds. The van der Waals surface area contributed by atoms with Crippen LogP contribution in [-0.4, -0.2) is 42.7 Å². The van der Waals surface area contributed by atoms with E-state index in [1.807, 2.05) is 0 Å². The van der Waals surface area contributed by atoms with E-state index in [1.54, 1.807) is 6.92 Å². The van der Waals surface area contributed by atoms with Crippen LogP contribution in [0, 0.1) is 10.1 Å². The largest absolute Gasteiger partial charge is 0.374 e. The Kier molecular flexibility index (Phi) is 5.52. The standard InChI is InChI=1S/C6H13NO5/c1-3-12-4-5(7(9)10)6(8)11-2/h5-6,8H,3-4H2,1-2H3/t5-,6-/m1/s1. The van der Waals surface area contributed by atoms with Gasteiger partial charge in [-0.1, -0.05) is 0 Å². The molecule has 0 aliphatic rings. The second-order valence-electron chi connectivity index (χ2n) is 2.14. The number of nitro groups is 1. The van der Waals surface area contributed by atoms with Crippen molar-refractivity contribution >= 4 is 0 Å². The van der Waals surface area contributed by atoms with Crippen LogP contribution in [0.2, 0.25) is 0 Å². The topological polar surface area (TPSA) is 81.8 Å². The van der Waals surface area contributed by atoms with Gasteiger partial charge in [-0.25, -0.2) is 0 Å². The van der Waals surface area contributed by atoms with E-state index in [-0.39, 0.29) is 6.61 Å². The summed E-state index contributed by atoms with van der Waals surface area (Å²) < 4.78 is 9.20. The molecule has 6 heteroatoms. The van der Waals surface area contributed by atoms with Gasteiger partial charge in [0.05, 0.1) is 0 Å². The van der Waals surface area contributed by atoms with Gasteiger partial charge in [0, 0.05) is 18.6 Å².